The van der Waals surface area contributed by atoms with E-state index in [1.165, 1.54) is 48.1 Å². The van der Waals surface area contributed by atoms with Gasteiger partial charge in [-0.2, -0.15) is 23.4 Å². The van der Waals surface area contributed by atoms with Gasteiger partial charge in [-0.25, -0.2) is 13.8 Å². The Hall–Kier alpha value is -4.54. The van der Waals surface area contributed by atoms with Gasteiger partial charge >= 0.3 is 6.18 Å². The maximum absolute atomic E-state index is 14.9. The Balaban J connectivity index is 1.74. The second-order valence-corrected chi connectivity index (χ2v) is 7.50. The molecule has 0 saturated carbocycles. The quantitative estimate of drug-likeness (QED) is 0.297. The highest BCUT2D eigenvalue weighted by atomic mass is 19.4. The molecule has 0 aliphatic heterocycles. The molecule has 2 heterocycles. The molecule has 0 fully saturated rings. The molecule has 178 valence electrons. The van der Waals surface area contributed by atoms with Crippen molar-refractivity contribution in [3.05, 3.63) is 107 Å². The van der Waals surface area contributed by atoms with E-state index in [0.717, 1.165) is 22.9 Å². The summed E-state index contributed by atoms with van der Waals surface area (Å²) in [5.74, 6) is -0.639. The van der Waals surface area contributed by atoms with E-state index in [9.17, 15) is 22.4 Å². The third kappa shape index (κ3) is 5.35. The molecule has 4 aromatic rings. The Morgan fingerprint density at radius 1 is 1.06 bits per heavy atom. The van der Waals surface area contributed by atoms with Crippen molar-refractivity contribution in [3.63, 3.8) is 0 Å². The standard InChI is InChI=1S/C24H18F4N6O/c1-15(29)12-20(31-17-5-2-4-16(13-17)24(26,27)28)23-22(35)8-11-34(32-23)21-7-6-18(14-19(21)25)33-10-3-9-30-33/h2-14,29,31H,1H3/b20-12-,29-15?. The van der Waals surface area contributed by atoms with Crippen LogP contribution >= 0.6 is 0 Å². The van der Waals surface area contributed by atoms with Crippen molar-refractivity contribution in [2.75, 3.05) is 5.32 Å². The molecule has 2 N–H and O–H groups in total. The first-order chi connectivity index (χ1) is 16.6. The number of hydrogen-bond donors (Lipinski definition) is 2. The molecular weight excluding hydrogens is 464 g/mol. The molecule has 0 unspecified atom stereocenters. The molecule has 11 heteroatoms. The van der Waals surface area contributed by atoms with E-state index in [2.05, 4.69) is 15.5 Å². The zero-order chi connectivity index (χ0) is 25.2. The molecule has 0 atom stereocenters. The van der Waals surface area contributed by atoms with Gasteiger partial charge in [-0.1, -0.05) is 6.07 Å². The van der Waals surface area contributed by atoms with Crippen molar-refractivity contribution in [2.45, 2.75) is 13.1 Å². The monoisotopic (exact) mass is 482 g/mol. The number of anilines is 1. The summed E-state index contributed by atoms with van der Waals surface area (Å²) in [6.45, 7) is 1.43. The molecule has 0 spiro atoms. The predicted octanol–water partition coefficient (Wildman–Crippen LogP) is 5.07. The van der Waals surface area contributed by atoms with E-state index >= 15 is 0 Å². The average molecular weight is 482 g/mol. The van der Waals surface area contributed by atoms with Gasteiger partial charge in [-0.3, -0.25) is 4.79 Å². The lowest BCUT2D eigenvalue weighted by molar-refractivity contribution is -0.137. The summed E-state index contributed by atoms with van der Waals surface area (Å²) < 4.78 is 56.9. The largest absolute Gasteiger partial charge is 0.416 e. The highest BCUT2D eigenvalue weighted by molar-refractivity contribution is 5.98. The zero-order valence-electron chi connectivity index (χ0n) is 18.2. The van der Waals surface area contributed by atoms with E-state index < -0.39 is 23.0 Å². The molecule has 2 aromatic heterocycles. The summed E-state index contributed by atoms with van der Waals surface area (Å²) in [5.41, 5.74) is -1.09. The van der Waals surface area contributed by atoms with E-state index in [0.29, 0.717) is 5.69 Å². The maximum Gasteiger partial charge on any atom is 0.416 e. The molecule has 0 saturated heterocycles. The molecule has 4 rings (SSSR count). The van der Waals surface area contributed by atoms with E-state index in [-0.39, 0.29) is 28.5 Å². The van der Waals surface area contributed by atoms with Crippen LogP contribution in [-0.2, 0) is 6.18 Å². The van der Waals surface area contributed by atoms with Crippen LogP contribution in [0.25, 0.3) is 17.1 Å². The van der Waals surface area contributed by atoms with Crippen LogP contribution in [-0.4, -0.2) is 25.3 Å². The van der Waals surface area contributed by atoms with Crippen molar-refractivity contribution in [2.24, 2.45) is 0 Å². The van der Waals surface area contributed by atoms with Gasteiger partial charge in [0.2, 0.25) is 5.43 Å². The highest BCUT2D eigenvalue weighted by Gasteiger charge is 2.30. The smallest absolute Gasteiger partial charge is 0.354 e. The van der Waals surface area contributed by atoms with Crippen LogP contribution in [0.15, 0.2) is 84.1 Å². The van der Waals surface area contributed by atoms with Gasteiger partial charge in [-0.05, 0) is 49.4 Å². The lowest BCUT2D eigenvalue weighted by Crippen LogP contribution is -2.19. The van der Waals surface area contributed by atoms with Crippen LogP contribution in [0.2, 0.25) is 0 Å². The first-order valence-electron chi connectivity index (χ1n) is 10.2. The number of halogens is 4. The van der Waals surface area contributed by atoms with E-state index in [4.69, 9.17) is 5.41 Å². The fourth-order valence-corrected chi connectivity index (χ4v) is 3.28. The third-order valence-electron chi connectivity index (χ3n) is 4.84. The van der Waals surface area contributed by atoms with Gasteiger partial charge in [-0.15, -0.1) is 0 Å². The Labute approximate surface area is 196 Å². The Morgan fingerprint density at radius 3 is 2.51 bits per heavy atom. The summed E-state index contributed by atoms with van der Waals surface area (Å²) in [4.78, 5) is 12.6. The number of nitrogens with zero attached hydrogens (tertiary/aromatic N) is 4. The minimum Gasteiger partial charge on any atom is -0.354 e. The average Bonchev–Trinajstić information content (AvgIpc) is 3.34. The van der Waals surface area contributed by atoms with Crippen molar-refractivity contribution in [1.29, 1.82) is 5.41 Å². The van der Waals surface area contributed by atoms with Crippen LogP contribution in [0.5, 0.6) is 0 Å². The summed E-state index contributed by atoms with van der Waals surface area (Å²) >= 11 is 0. The fourth-order valence-electron chi connectivity index (χ4n) is 3.28. The van der Waals surface area contributed by atoms with Gasteiger partial charge in [0.05, 0.1) is 16.9 Å². The Bertz CT molecular complexity index is 1470. The molecule has 0 aliphatic carbocycles. The summed E-state index contributed by atoms with van der Waals surface area (Å²) in [6.07, 6.45) is 1.18. The number of rotatable bonds is 6. The third-order valence-corrected chi connectivity index (χ3v) is 4.84. The van der Waals surface area contributed by atoms with E-state index in [1.807, 2.05) is 0 Å². The minimum atomic E-state index is -4.56. The lowest BCUT2D eigenvalue weighted by atomic mass is 10.1. The van der Waals surface area contributed by atoms with E-state index in [1.54, 1.807) is 24.5 Å². The van der Waals surface area contributed by atoms with Crippen LogP contribution in [0, 0.1) is 11.2 Å². The van der Waals surface area contributed by atoms with Crippen molar-refractivity contribution in [3.8, 4) is 11.4 Å². The van der Waals surface area contributed by atoms with Crippen molar-refractivity contribution < 1.29 is 17.6 Å². The van der Waals surface area contributed by atoms with Crippen molar-refractivity contribution in [1.82, 2.24) is 19.6 Å². The number of hydrogen-bond acceptors (Lipinski definition) is 5. The molecule has 0 bridgehead atoms. The lowest BCUT2D eigenvalue weighted by Gasteiger charge is -2.14. The van der Waals surface area contributed by atoms with Crippen LogP contribution in [0.1, 0.15) is 18.2 Å². The van der Waals surface area contributed by atoms with Gasteiger partial charge in [0.1, 0.15) is 5.69 Å². The molecule has 0 radical (unpaired) electrons. The summed E-state index contributed by atoms with van der Waals surface area (Å²) in [7, 11) is 0. The predicted molar refractivity (Wildman–Crippen MR) is 123 cm³/mol. The van der Waals surface area contributed by atoms with Gasteiger partial charge in [0.15, 0.2) is 11.5 Å². The van der Waals surface area contributed by atoms with Crippen LogP contribution < -0.4 is 10.7 Å². The second kappa shape index (κ2) is 9.37. The first kappa shape index (κ1) is 23.6. The fraction of sp³-hybridized carbons (Fsp3) is 0.0833. The molecule has 0 amide bonds. The van der Waals surface area contributed by atoms with Gasteiger partial charge < -0.3 is 10.7 Å². The Kier molecular flexibility index (Phi) is 6.32. The number of nitrogens with one attached hydrogen (secondary N) is 2. The number of allylic oxidation sites excluding steroid dienone is 1. The zero-order valence-corrected chi connectivity index (χ0v) is 18.2. The molecular formula is C24H18F4N6O. The minimum absolute atomic E-state index is 0.00950. The molecule has 7 nitrogen and oxygen atoms in total. The topological polar surface area (TPSA) is 88.6 Å². The Morgan fingerprint density at radius 2 is 1.86 bits per heavy atom. The first-order valence-corrected chi connectivity index (χ1v) is 10.2. The highest BCUT2D eigenvalue weighted by Crippen LogP contribution is 2.31. The number of aromatic nitrogens is 4. The van der Waals surface area contributed by atoms with Crippen molar-refractivity contribution >= 4 is 17.1 Å². The summed E-state index contributed by atoms with van der Waals surface area (Å²) in [6, 6.07) is 11.6. The van der Waals surface area contributed by atoms with Crippen LogP contribution in [0.4, 0.5) is 23.2 Å². The normalized spacial score (nSPS) is 12.0. The molecule has 2 aromatic carbocycles. The maximum atomic E-state index is 14.9. The van der Waals surface area contributed by atoms with Gasteiger partial charge in [0.25, 0.3) is 0 Å². The summed E-state index contributed by atoms with van der Waals surface area (Å²) in [5, 5.41) is 18.8. The van der Waals surface area contributed by atoms with Crippen LogP contribution in [0.3, 0.4) is 0 Å². The molecule has 0 aliphatic rings. The number of benzene rings is 2. The number of alkyl halides is 3. The molecule has 35 heavy (non-hydrogen) atoms. The van der Waals surface area contributed by atoms with Gasteiger partial charge in [0, 0.05) is 42.1 Å². The second-order valence-electron chi connectivity index (χ2n) is 7.50. The SMILES string of the molecule is CC(=N)/C=C(\Nc1cccc(C(F)(F)F)c1)c1nn(-c2ccc(-n3cccn3)cc2F)ccc1=O.